The molecule has 1 saturated carbocycles. The van der Waals surface area contributed by atoms with E-state index in [0.717, 1.165) is 24.6 Å². The van der Waals surface area contributed by atoms with E-state index in [2.05, 4.69) is 5.32 Å². The molecule has 0 saturated heterocycles. The van der Waals surface area contributed by atoms with Crippen LogP contribution in [-0.2, 0) is 19.4 Å². The number of carbonyl (C=O) groups excluding carboxylic acids is 1. The Bertz CT molecular complexity index is 815. The number of amides is 1. The molecule has 1 aromatic rings. The van der Waals surface area contributed by atoms with Crippen LogP contribution in [0.15, 0.2) is 34.1 Å². The van der Waals surface area contributed by atoms with Crippen LogP contribution in [0.4, 0.5) is 0 Å². The Kier molecular flexibility index (Phi) is 7.68. The molecule has 0 unspecified atom stereocenters. The highest BCUT2D eigenvalue weighted by Crippen LogP contribution is 2.33. The number of aliphatic carboxylic acids is 1. The molecule has 2 N–H and O–H groups in total. The van der Waals surface area contributed by atoms with Gasteiger partial charge in [0.25, 0.3) is 0 Å². The Morgan fingerprint density at radius 1 is 1.22 bits per heavy atom. The molecule has 7 nitrogen and oxygen atoms in total. The number of nitrogens with zero attached hydrogens (tertiary/aromatic N) is 1. The fourth-order valence-corrected chi connectivity index (χ4v) is 5.60. The Balaban J connectivity index is 2.07. The van der Waals surface area contributed by atoms with E-state index in [1.165, 1.54) is 12.1 Å². The number of nitrogens with one attached hydrogen (secondary N) is 1. The predicted octanol–water partition coefficient (Wildman–Crippen LogP) is 2.08. The van der Waals surface area contributed by atoms with E-state index in [-0.39, 0.29) is 34.8 Å². The average Bonchev–Trinajstić information content (AvgIpc) is 2.65. The largest absolute Gasteiger partial charge is 0.481 e. The fourth-order valence-electron chi connectivity index (χ4n) is 3.28. The minimum absolute atomic E-state index is 0.0791. The van der Waals surface area contributed by atoms with Gasteiger partial charge in [0, 0.05) is 10.8 Å². The third-order valence-electron chi connectivity index (χ3n) is 4.57. The molecule has 2 atom stereocenters. The van der Waals surface area contributed by atoms with Gasteiger partial charge in [0.05, 0.1) is 22.5 Å². The second kappa shape index (κ2) is 9.76. The summed E-state index contributed by atoms with van der Waals surface area (Å²) >= 11 is 1.12. The summed E-state index contributed by atoms with van der Waals surface area (Å²) in [7, 11) is -3.57. The zero-order valence-corrected chi connectivity index (χ0v) is 16.4. The highest BCUT2D eigenvalue weighted by molar-refractivity contribution is 8.00. The summed E-state index contributed by atoms with van der Waals surface area (Å²) in [6.07, 6.45) is 3.04. The monoisotopic (exact) mass is 410 g/mol. The third-order valence-corrected chi connectivity index (χ3v) is 7.42. The summed E-state index contributed by atoms with van der Waals surface area (Å²) < 4.78 is 25.6. The summed E-state index contributed by atoms with van der Waals surface area (Å²) in [5.41, 5.74) is 0. The van der Waals surface area contributed by atoms with Crippen molar-refractivity contribution in [2.24, 2.45) is 11.8 Å². The van der Waals surface area contributed by atoms with Gasteiger partial charge in [0.15, 0.2) is 9.84 Å². The first-order chi connectivity index (χ1) is 12.8. The van der Waals surface area contributed by atoms with Gasteiger partial charge in [-0.2, -0.15) is 5.26 Å². The lowest BCUT2D eigenvalue weighted by Gasteiger charge is -2.30. The van der Waals surface area contributed by atoms with Crippen LogP contribution in [0, 0.1) is 23.2 Å². The number of hydrogen-bond donors (Lipinski definition) is 2. The van der Waals surface area contributed by atoms with Crippen LogP contribution < -0.4 is 5.32 Å². The van der Waals surface area contributed by atoms with Crippen molar-refractivity contribution in [1.82, 2.24) is 5.32 Å². The molecule has 0 heterocycles. The molecule has 146 valence electrons. The van der Waals surface area contributed by atoms with Crippen LogP contribution in [0.5, 0.6) is 0 Å². The smallest absolute Gasteiger partial charge is 0.313 e. The summed E-state index contributed by atoms with van der Waals surface area (Å²) in [6.45, 7) is -0.0791. The fraction of sp³-hybridized carbons (Fsp3) is 0.500. The van der Waals surface area contributed by atoms with Crippen LogP contribution in [0.3, 0.4) is 0 Å². The van der Waals surface area contributed by atoms with Crippen molar-refractivity contribution in [3.8, 4) is 6.07 Å². The van der Waals surface area contributed by atoms with Crippen LogP contribution in [-0.4, -0.2) is 43.5 Å². The van der Waals surface area contributed by atoms with Gasteiger partial charge in [0.2, 0.25) is 5.91 Å². The van der Waals surface area contributed by atoms with Gasteiger partial charge in [-0.15, -0.1) is 11.8 Å². The van der Waals surface area contributed by atoms with Gasteiger partial charge in [-0.25, -0.2) is 8.42 Å². The molecule has 1 aliphatic carbocycles. The molecular formula is C18H22N2O5S2. The Hall–Kier alpha value is -2.05. The van der Waals surface area contributed by atoms with E-state index in [0.29, 0.717) is 17.7 Å². The van der Waals surface area contributed by atoms with Crippen LogP contribution >= 0.6 is 11.8 Å². The van der Waals surface area contributed by atoms with Crippen LogP contribution in [0.1, 0.15) is 25.7 Å². The maximum atomic E-state index is 12.8. The Morgan fingerprint density at radius 3 is 2.52 bits per heavy atom. The number of sulfone groups is 1. The lowest BCUT2D eigenvalue weighted by atomic mass is 9.80. The topological polar surface area (TPSA) is 124 Å². The molecule has 0 radical (unpaired) electrons. The molecule has 1 fully saturated rings. The molecule has 0 bridgehead atoms. The standard InChI is InChI=1S/C18H22N2O5S2/c19-9-10-20-18(23)16-4-2-1-3-13(16)12-27(24,25)15-7-5-14(6-8-15)26-11-17(21)22/h5-8,13,16H,1-4,10-12H2,(H,20,23)(H,21,22)/t13-,16+/m0/s1. The van der Waals surface area contributed by atoms with Gasteiger partial charge in [-0.3, -0.25) is 9.59 Å². The molecule has 0 aromatic heterocycles. The number of carbonyl (C=O) groups is 2. The number of benzene rings is 1. The minimum Gasteiger partial charge on any atom is -0.481 e. The summed E-state index contributed by atoms with van der Waals surface area (Å²) in [5, 5.41) is 19.9. The molecule has 2 rings (SSSR count). The quantitative estimate of drug-likeness (QED) is 0.496. The lowest BCUT2D eigenvalue weighted by molar-refractivity contribution is -0.134. The molecule has 1 aromatic carbocycles. The summed E-state index contributed by atoms with van der Waals surface area (Å²) in [4.78, 5) is 23.7. The van der Waals surface area contributed by atoms with E-state index >= 15 is 0 Å². The molecule has 0 spiro atoms. The van der Waals surface area contributed by atoms with E-state index in [4.69, 9.17) is 10.4 Å². The van der Waals surface area contributed by atoms with Crippen molar-refractivity contribution < 1.29 is 23.1 Å². The van der Waals surface area contributed by atoms with Crippen molar-refractivity contribution >= 4 is 33.5 Å². The number of carboxylic acids is 1. The molecule has 27 heavy (non-hydrogen) atoms. The highest BCUT2D eigenvalue weighted by Gasteiger charge is 2.34. The molecule has 9 heteroatoms. The van der Waals surface area contributed by atoms with Crippen molar-refractivity contribution in [1.29, 1.82) is 5.26 Å². The first-order valence-electron chi connectivity index (χ1n) is 8.65. The zero-order chi connectivity index (χ0) is 19.9. The molecule has 1 amide bonds. The normalized spacial score (nSPS) is 19.8. The minimum atomic E-state index is -3.57. The van der Waals surface area contributed by atoms with Crippen molar-refractivity contribution in [3.63, 3.8) is 0 Å². The molecule has 0 aliphatic heterocycles. The average molecular weight is 411 g/mol. The van der Waals surface area contributed by atoms with Gasteiger partial charge >= 0.3 is 5.97 Å². The van der Waals surface area contributed by atoms with E-state index in [1.54, 1.807) is 12.1 Å². The first-order valence-corrected chi connectivity index (χ1v) is 11.3. The van der Waals surface area contributed by atoms with E-state index in [1.807, 2.05) is 6.07 Å². The third kappa shape index (κ3) is 6.26. The number of hydrogen-bond acceptors (Lipinski definition) is 6. The maximum absolute atomic E-state index is 12.8. The Labute approximate surface area is 163 Å². The SMILES string of the molecule is N#CCNC(=O)[C@@H]1CCCC[C@H]1CS(=O)(=O)c1ccc(SCC(=O)O)cc1. The summed E-state index contributed by atoms with van der Waals surface area (Å²) in [5.74, 6) is -2.06. The number of thioether (sulfide) groups is 1. The zero-order valence-electron chi connectivity index (χ0n) is 14.8. The maximum Gasteiger partial charge on any atom is 0.313 e. The van der Waals surface area contributed by atoms with Crippen molar-refractivity contribution in [2.45, 2.75) is 35.5 Å². The highest BCUT2D eigenvalue weighted by atomic mass is 32.2. The number of nitriles is 1. The van der Waals surface area contributed by atoms with Crippen LogP contribution in [0.25, 0.3) is 0 Å². The predicted molar refractivity (Wildman–Crippen MR) is 101 cm³/mol. The van der Waals surface area contributed by atoms with Gasteiger partial charge in [0.1, 0.15) is 6.54 Å². The van der Waals surface area contributed by atoms with E-state index < -0.39 is 21.7 Å². The van der Waals surface area contributed by atoms with Gasteiger partial charge < -0.3 is 10.4 Å². The molecule has 1 aliphatic rings. The second-order valence-corrected chi connectivity index (χ2v) is 9.55. The van der Waals surface area contributed by atoms with E-state index in [9.17, 15) is 18.0 Å². The van der Waals surface area contributed by atoms with Crippen molar-refractivity contribution in [2.75, 3.05) is 18.1 Å². The molecular weight excluding hydrogens is 388 g/mol. The second-order valence-electron chi connectivity index (χ2n) is 6.46. The van der Waals surface area contributed by atoms with Gasteiger partial charge in [-0.05, 0) is 43.0 Å². The summed E-state index contributed by atoms with van der Waals surface area (Å²) in [6, 6.07) is 8.01. The van der Waals surface area contributed by atoms with Gasteiger partial charge in [-0.1, -0.05) is 12.8 Å². The number of rotatable bonds is 8. The lowest BCUT2D eigenvalue weighted by Crippen LogP contribution is -2.39. The van der Waals surface area contributed by atoms with Crippen LogP contribution in [0.2, 0.25) is 0 Å². The van der Waals surface area contributed by atoms with Crippen molar-refractivity contribution in [3.05, 3.63) is 24.3 Å². The first kappa shape index (κ1) is 21.3. The Morgan fingerprint density at radius 2 is 1.89 bits per heavy atom. The number of carboxylic acid groups (broad SMARTS) is 1.